The molecular formula is C19H19NO2. The van der Waals surface area contributed by atoms with Crippen LogP contribution in [0, 0.1) is 0 Å². The van der Waals surface area contributed by atoms with E-state index in [2.05, 4.69) is 29.6 Å². The minimum Gasteiger partial charge on any atom is -0.488 e. The molecule has 1 fully saturated rings. The Morgan fingerprint density at radius 2 is 2.00 bits per heavy atom. The number of ether oxygens (including phenoxy) is 2. The molecule has 1 atom stereocenters. The molecular weight excluding hydrogens is 274 g/mol. The molecule has 4 rings (SSSR count). The molecule has 1 saturated heterocycles. The minimum absolute atomic E-state index is 0.176. The van der Waals surface area contributed by atoms with Gasteiger partial charge in [-0.05, 0) is 36.4 Å². The zero-order valence-corrected chi connectivity index (χ0v) is 12.4. The lowest BCUT2D eigenvalue weighted by atomic mass is 9.97. The maximum Gasteiger partial charge on any atom is 0.141 e. The Morgan fingerprint density at radius 3 is 2.82 bits per heavy atom. The predicted molar refractivity (Wildman–Crippen MR) is 87.1 cm³/mol. The summed E-state index contributed by atoms with van der Waals surface area (Å²) in [6, 6.07) is 16.2. The number of benzene rings is 2. The number of hydrogen-bond acceptors (Lipinski definition) is 3. The highest BCUT2D eigenvalue weighted by Crippen LogP contribution is 2.39. The second kappa shape index (κ2) is 5.50. The van der Waals surface area contributed by atoms with Gasteiger partial charge in [0.15, 0.2) is 0 Å². The van der Waals surface area contributed by atoms with Gasteiger partial charge in [0, 0.05) is 13.0 Å². The summed E-state index contributed by atoms with van der Waals surface area (Å²) in [5, 5.41) is 3.37. The van der Waals surface area contributed by atoms with E-state index < -0.39 is 0 Å². The van der Waals surface area contributed by atoms with E-state index in [1.54, 1.807) is 0 Å². The van der Waals surface area contributed by atoms with E-state index >= 15 is 0 Å². The van der Waals surface area contributed by atoms with Crippen molar-refractivity contribution in [2.24, 2.45) is 0 Å². The molecule has 2 aliphatic rings. The fourth-order valence-electron chi connectivity index (χ4n) is 3.04. The number of fused-ring (bicyclic) bond motifs is 1. The van der Waals surface area contributed by atoms with Gasteiger partial charge in [-0.3, -0.25) is 0 Å². The molecule has 112 valence electrons. The van der Waals surface area contributed by atoms with E-state index in [1.807, 2.05) is 36.4 Å². The van der Waals surface area contributed by atoms with Crippen LogP contribution in [0.25, 0.3) is 6.08 Å². The van der Waals surface area contributed by atoms with Crippen molar-refractivity contribution < 1.29 is 9.47 Å². The molecule has 2 aliphatic heterocycles. The number of rotatable bonds is 3. The molecule has 22 heavy (non-hydrogen) atoms. The lowest BCUT2D eigenvalue weighted by Crippen LogP contribution is -2.37. The highest BCUT2D eigenvalue weighted by atomic mass is 16.5. The van der Waals surface area contributed by atoms with Gasteiger partial charge in [-0.25, -0.2) is 0 Å². The molecule has 2 aromatic carbocycles. The van der Waals surface area contributed by atoms with Gasteiger partial charge >= 0.3 is 0 Å². The number of nitrogens with one attached hydrogen (secondary N) is 1. The summed E-state index contributed by atoms with van der Waals surface area (Å²) >= 11 is 0. The summed E-state index contributed by atoms with van der Waals surface area (Å²) in [4.78, 5) is 0. The van der Waals surface area contributed by atoms with Gasteiger partial charge in [-0.15, -0.1) is 0 Å². The Bertz CT molecular complexity index is 688. The minimum atomic E-state index is -0.176. The van der Waals surface area contributed by atoms with Crippen molar-refractivity contribution in [1.29, 1.82) is 0 Å². The first kappa shape index (κ1) is 13.4. The van der Waals surface area contributed by atoms with Crippen LogP contribution in [0.5, 0.6) is 11.5 Å². The first-order valence-electron chi connectivity index (χ1n) is 7.73. The maximum absolute atomic E-state index is 6.24. The Kier molecular flexibility index (Phi) is 3.35. The fourth-order valence-corrected chi connectivity index (χ4v) is 3.04. The highest BCUT2D eigenvalue weighted by Gasteiger charge is 2.36. The van der Waals surface area contributed by atoms with Crippen molar-refractivity contribution in [2.45, 2.75) is 18.6 Å². The topological polar surface area (TPSA) is 30.5 Å². The van der Waals surface area contributed by atoms with Crippen molar-refractivity contribution in [3.63, 3.8) is 0 Å². The predicted octanol–water partition coefficient (Wildman–Crippen LogP) is 3.40. The quantitative estimate of drug-likeness (QED) is 0.941. The zero-order valence-electron chi connectivity index (χ0n) is 12.4. The van der Waals surface area contributed by atoms with Gasteiger partial charge in [-0.2, -0.15) is 0 Å². The summed E-state index contributed by atoms with van der Waals surface area (Å²) in [7, 11) is 0. The van der Waals surface area contributed by atoms with Crippen molar-refractivity contribution >= 4 is 6.08 Å². The lowest BCUT2D eigenvalue weighted by Gasteiger charge is -2.31. The molecule has 0 amide bonds. The second-order valence-corrected chi connectivity index (χ2v) is 5.87. The molecule has 0 saturated carbocycles. The van der Waals surface area contributed by atoms with Crippen LogP contribution in [0.2, 0.25) is 0 Å². The summed E-state index contributed by atoms with van der Waals surface area (Å²) < 4.78 is 12.2. The van der Waals surface area contributed by atoms with E-state index in [0.29, 0.717) is 6.61 Å². The molecule has 3 nitrogen and oxygen atoms in total. The fraction of sp³-hybridized carbons (Fsp3) is 0.263. The molecule has 3 heteroatoms. The Hall–Kier alpha value is -2.26. The zero-order chi connectivity index (χ0) is 14.8. The monoisotopic (exact) mass is 293 g/mol. The van der Waals surface area contributed by atoms with Crippen LogP contribution in [-0.4, -0.2) is 18.7 Å². The molecule has 0 bridgehead atoms. The largest absolute Gasteiger partial charge is 0.488 e. The van der Waals surface area contributed by atoms with Crippen molar-refractivity contribution in [1.82, 2.24) is 5.32 Å². The number of hydrogen-bond donors (Lipinski definition) is 1. The van der Waals surface area contributed by atoms with E-state index in [-0.39, 0.29) is 5.60 Å². The molecule has 0 unspecified atom stereocenters. The maximum atomic E-state index is 6.24. The summed E-state index contributed by atoms with van der Waals surface area (Å²) in [5.74, 6) is 1.79. The average molecular weight is 293 g/mol. The van der Waals surface area contributed by atoms with Gasteiger partial charge < -0.3 is 14.8 Å². The van der Waals surface area contributed by atoms with E-state index in [9.17, 15) is 0 Å². The van der Waals surface area contributed by atoms with E-state index in [1.165, 1.54) is 0 Å². The van der Waals surface area contributed by atoms with Crippen molar-refractivity contribution in [2.75, 3.05) is 13.1 Å². The molecule has 1 spiro atoms. The third-order valence-electron chi connectivity index (χ3n) is 4.28. The van der Waals surface area contributed by atoms with Gasteiger partial charge in [0.25, 0.3) is 0 Å². The third-order valence-corrected chi connectivity index (χ3v) is 4.28. The summed E-state index contributed by atoms with van der Waals surface area (Å²) in [5.41, 5.74) is 2.03. The SMILES string of the molecule is C1=C[C@@]2(CCNC2)Oc2cccc(OCc3ccccc3)c21. The Balaban J connectivity index is 1.56. The molecule has 0 aromatic heterocycles. The molecule has 2 heterocycles. The lowest BCUT2D eigenvalue weighted by molar-refractivity contribution is 0.138. The van der Waals surface area contributed by atoms with Gasteiger partial charge in [0.1, 0.15) is 23.7 Å². The first-order valence-corrected chi connectivity index (χ1v) is 7.73. The van der Waals surface area contributed by atoms with E-state index in [0.717, 1.165) is 42.1 Å². The smallest absolute Gasteiger partial charge is 0.141 e. The van der Waals surface area contributed by atoms with Crippen molar-refractivity contribution in [3.05, 3.63) is 65.7 Å². The highest BCUT2D eigenvalue weighted by molar-refractivity contribution is 5.67. The van der Waals surface area contributed by atoms with Crippen LogP contribution < -0.4 is 14.8 Å². The summed E-state index contributed by atoms with van der Waals surface area (Å²) in [6.07, 6.45) is 5.33. The van der Waals surface area contributed by atoms with Gasteiger partial charge in [0.2, 0.25) is 0 Å². The van der Waals surface area contributed by atoms with Gasteiger partial charge in [0.05, 0.1) is 5.56 Å². The van der Waals surface area contributed by atoms with Crippen LogP contribution >= 0.6 is 0 Å². The van der Waals surface area contributed by atoms with Gasteiger partial charge in [-0.1, -0.05) is 36.4 Å². The van der Waals surface area contributed by atoms with Crippen LogP contribution in [0.1, 0.15) is 17.5 Å². The van der Waals surface area contributed by atoms with Crippen LogP contribution in [0.4, 0.5) is 0 Å². The van der Waals surface area contributed by atoms with Crippen LogP contribution in [0.15, 0.2) is 54.6 Å². The molecule has 1 N–H and O–H groups in total. The molecule has 0 radical (unpaired) electrons. The average Bonchev–Trinajstić information content (AvgIpc) is 3.01. The Labute approximate surface area is 130 Å². The Morgan fingerprint density at radius 1 is 1.09 bits per heavy atom. The van der Waals surface area contributed by atoms with Crippen LogP contribution in [-0.2, 0) is 6.61 Å². The second-order valence-electron chi connectivity index (χ2n) is 5.87. The van der Waals surface area contributed by atoms with Crippen LogP contribution in [0.3, 0.4) is 0 Å². The van der Waals surface area contributed by atoms with Crippen molar-refractivity contribution in [3.8, 4) is 11.5 Å². The summed E-state index contributed by atoms with van der Waals surface area (Å²) in [6.45, 7) is 2.44. The third kappa shape index (κ3) is 2.48. The molecule has 0 aliphatic carbocycles. The standard InChI is InChI=1S/C19H19NO2/c1-2-5-15(6-3-1)13-21-17-7-4-8-18-16(17)9-10-19(22-18)11-12-20-14-19/h1-10,20H,11-14H2/t19-/m0/s1. The molecule has 2 aromatic rings. The van der Waals surface area contributed by atoms with E-state index in [4.69, 9.17) is 9.47 Å². The first-order chi connectivity index (χ1) is 10.8. The normalized spacial score (nSPS) is 22.4.